The molecule has 0 aliphatic carbocycles. The summed E-state index contributed by atoms with van der Waals surface area (Å²) in [6.07, 6.45) is 3.72. The zero-order valence-electron chi connectivity index (χ0n) is 8.34. The molecule has 0 amide bonds. The van der Waals surface area contributed by atoms with Gasteiger partial charge in [0, 0.05) is 6.61 Å². The van der Waals surface area contributed by atoms with Crippen LogP contribution in [0.25, 0.3) is 0 Å². The van der Waals surface area contributed by atoms with Gasteiger partial charge >= 0.3 is 0 Å². The van der Waals surface area contributed by atoms with Gasteiger partial charge in [0.15, 0.2) is 0 Å². The summed E-state index contributed by atoms with van der Waals surface area (Å²) in [5, 5.41) is 8.69. The van der Waals surface area contributed by atoms with Crippen LogP contribution >= 0.6 is 0 Å². The first kappa shape index (κ1) is 10.0. The average molecular weight is 172 g/mol. The molecule has 0 aromatic heterocycles. The van der Waals surface area contributed by atoms with E-state index in [1.54, 1.807) is 0 Å². The van der Waals surface area contributed by atoms with Gasteiger partial charge in [-0.15, -0.1) is 0 Å². The Labute approximate surface area is 74.9 Å². The zero-order valence-corrected chi connectivity index (χ0v) is 8.34. The molecule has 12 heavy (non-hydrogen) atoms. The molecule has 2 heteroatoms. The van der Waals surface area contributed by atoms with Crippen LogP contribution < -0.4 is 0 Å². The molecule has 1 fully saturated rings. The van der Waals surface area contributed by atoms with Crippen LogP contribution in [-0.2, 0) is 4.74 Å². The molecule has 1 N–H and O–H groups in total. The van der Waals surface area contributed by atoms with Gasteiger partial charge in [-0.25, -0.2) is 0 Å². The smallest absolute Gasteiger partial charge is 0.0892 e. The predicted molar refractivity (Wildman–Crippen MR) is 49.1 cm³/mol. The molecule has 0 spiro atoms. The number of ether oxygens (including phenoxy) is 1. The maximum absolute atomic E-state index is 8.69. The summed E-state index contributed by atoms with van der Waals surface area (Å²) in [6.45, 7) is 6.77. The maximum Gasteiger partial charge on any atom is 0.0892 e. The van der Waals surface area contributed by atoms with Crippen molar-refractivity contribution in [3.8, 4) is 0 Å². The zero-order chi connectivity index (χ0) is 9.19. The molecule has 0 saturated carbocycles. The van der Waals surface area contributed by atoms with Crippen LogP contribution in [0.2, 0.25) is 0 Å². The molecule has 1 rings (SSSR count). The second-order valence-corrected chi connectivity index (χ2v) is 4.40. The quantitative estimate of drug-likeness (QED) is 0.643. The molecule has 2 atom stereocenters. The minimum atomic E-state index is 0.138. The van der Waals surface area contributed by atoms with E-state index in [-0.39, 0.29) is 5.60 Å². The molecule has 1 aliphatic rings. The lowest BCUT2D eigenvalue weighted by Crippen LogP contribution is -2.05. The molecule has 0 bridgehead atoms. The van der Waals surface area contributed by atoms with Gasteiger partial charge in [-0.3, -0.25) is 0 Å². The highest BCUT2D eigenvalue weighted by molar-refractivity contribution is 4.94. The third kappa shape index (κ3) is 2.76. The van der Waals surface area contributed by atoms with Crippen molar-refractivity contribution >= 4 is 0 Å². The molecule has 0 unspecified atom stereocenters. The Bertz CT molecular complexity index is 143. The number of rotatable bonds is 5. The van der Waals surface area contributed by atoms with E-state index < -0.39 is 0 Å². The normalized spacial score (nSPS) is 28.5. The lowest BCUT2D eigenvalue weighted by Gasteiger charge is -2.07. The van der Waals surface area contributed by atoms with Crippen LogP contribution in [0.3, 0.4) is 0 Å². The fraction of sp³-hybridized carbons (Fsp3) is 1.00. The van der Waals surface area contributed by atoms with Crippen molar-refractivity contribution in [2.24, 2.45) is 5.92 Å². The van der Waals surface area contributed by atoms with Crippen LogP contribution in [-0.4, -0.2) is 23.4 Å². The predicted octanol–water partition coefficient (Wildman–Crippen LogP) is 1.96. The fourth-order valence-corrected chi connectivity index (χ4v) is 1.54. The van der Waals surface area contributed by atoms with Gasteiger partial charge in [0.25, 0.3) is 0 Å². The van der Waals surface area contributed by atoms with E-state index in [4.69, 9.17) is 9.84 Å². The third-order valence-electron chi connectivity index (χ3n) is 2.71. The van der Waals surface area contributed by atoms with Crippen LogP contribution in [0.5, 0.6) is 0 Å². The minimum Gasteiger partial charge on any atom is -0.396 e. The van der Waals surface area contributed by atoms with E-state index in [1.165, 1.54) is 6.42 Å². The second-order valence-electron chi connectivity index (χ2n) is 4.40. The molecular weight excluding hydrogens is 152 g/mol. The summed E-state index contributed by atoms with van der Waals surface area (Å²) in [6, 6.07) is 0. The second kappa shape index (κ2) is 3.75. The topological polar surface area (TPSA) is 32.8 Å². The summed E-state index contributed by atoms with van der Waals surface area (Å²) >= 11 is 0. The summed E-state index contributed by atoms with van der Waals surface area (Å²) < 4.78 is 5.47. The Kier molecular flexibility index (Phi) is 3.13. The fourth-order valence-electron chi connectivity index (χ4n) is 1.54. The van der Waals surface area contributed by atoms with E-state index in [1.807, 2.05) is 0 Å². The minimum absolute atomic E-state index is 0.138. The van der Waals surface area contributed by atoms with Gasteiger partial charge in [-0.2, -0.15) is 0 Å². The molecule has 0 radical (unpaired) electrons. The van der Waals surface area contributed by atoms with Crippen LogP contribution in [0.15, 0.2) is 0 Å². The van der Waals surface area contributed by atoms with Crippen molar-refractivity contribution in [1.29, 1.82) is 0 Å². The first-order valence-electron chi connectivity index (χ1n) is 4.85. The lowest BCUT2D eigenvalue weighted by atomic mass is 9.98. The SMILES string of the molecule is C[C@@H](CCO)CC[C@@H]1OC1(C)C. The standard InChI is InChI=1S/C10H20O2/c1-8(6-7-11)4-5-9-10(2,3)12-9/h8-9,11H,4-7H2,1-3H3/t8-,9+/m1/s1. The van der Waals surface area contributed by atoms with Crippen molar-refractivity contribution in [3.05, 3.63) is 0 Å². The number of aliphatic hydroxyl groups excluding tert-OH is 1. The van der Waals surface area contributed by atoms with Crippen molar-refractivity contribution in [1.82, 2.24) is 0 Å². The molecule has 0 aromatic rings. The van der Waals surface area contributed by atoms with Gasteiger partial charge in [0.2, 0.25) is 0 Å². The van der Waals surface area contributed by atoms with E-state index in [0.29, 0.717) is 18.6 Å². The van der Waals surface area contributed by atoms with Crippen molar-refractivity contribution in [3.63, 3.8) is 0 Å². The molecular formula is C10H20O2. The first-order valence-corrected chi connectivity index (χ1v) is 4.85. The van der Waals surface area contributed by atoms with Gasteiger partial charge in [-0.05, 0) is 39.0 Å². The van der Waals surface area contributed by atoms with E-state index in [9.17, 15) is 0 Å². The molecule has 2 nitrogen and oxygen atoms in total. The molecule has 0 aromatic carbocycles. The van der Waals surface area contributed by atoms with Gasteiger partial charge in [0.1, 0.15) is 0 Å². The number of aliphatic hydroxyl groups is 1. The molecule has 1 saturated heterocycles. The Morgan fingerprint density at radius 1 is 1.42 bits per heavy atom. The lowest BCUT2D eigenvalue weighted by molar-refractivity contribution is 0.253. The maximum atomic E-state index is 8.69. The number of epoxide rings is 1. The Morgan fingerprint density at radius 3 is 2.42 bits per heavy atom. The molecule has 72 valence electrons. The summed E-state index contributed by atoms with van der Waals surface area (Å²) in [5.74, 6) is 0.634. The van der Waals surface area contributed by atoms with E-state index in [2.05, 4.69) is 20.8 Å². The van der Waals surface area contributed by atoms with Crippen LogP contribution in [0.4, 0.5) is 0 Å². The van der Waals surface area contributed by atoms with Gasteiger partial charge < -0.3 is 9.84 Å². The van der Waals surface area contributed by atoms with Gasteiger partial charge in [0.05, 0.1) is 11.7 Å². The first-order chi connectivity index (χ1) is 5.56. The van der Waals surface area contributed by atoms with Crippen molar-refractivity contribution in [2.75, 3.05) is 6.61 Å². The van der Waals surface area contributed by atoms with Gasteiger partial charge in [-0.1, -0.05) is 6.92 Å². The van der Waals surface area contributed by atoms with Crippen molar-refractivity contribution in [2.45, 2.75) is 51.7 Å². The third-order valence-corrected chi connectivity index (χ3v) is 2.71. The Morgan fingerprint density at radius 2 is 2.00 bits per heavy atom. The molecule has 1 heterocycles. The van der Waals surface area contributed by atoms with Crippen LogP contribution in [0.1, 0.15) is 40.0 Å². The number of hydrogen-bond acceptors (Lipinski definition) is 2. The summed E-state index contributed by atoms with van der Waals surface area (Å²) in [7, 11) is 0. The summed E-state index contributed by atoms with van der Waals surface area (Å²) in [5.41, 5.74) is 0.138. The largest absolute Gasteiger partial charge is 0.396 e. The van der Waals surface area contributed by atoms with Crippen LogP contribution in [0, 0.1) is 5.92 Å². The number of hydrogen-bond donors (Lipinski definition) is 1. The highest BCUT2D eigenvalue weighted by Gasteiger charge is 2.46. The molecule has 1 aliphatic heterocycles. The average Bonchev–Trinajstić information content (AvgIpc) is 2.56. The Balaban J connectivity index is 2.03. The van der Waals surface area contributed by atoms with E-state index in [0.717, 1.165) is 12.8 Å². The Hall–Kier alpha value is -0.0800. The highest BCUT2D eigenvalue weighted by Crippen LogP contribution is 2.39. The monoisotopic (exact) mass is 172 g/mol. The highest BCUT2D eigenvalue weighted by atomic mass is 16.6. The van der Waals surface area contributed by atoms with Crippen molar-refractivity contribution < 1.29 is 9.84 Å². The summed E-state index contributed by atoms with van der Waals surface area (Å²) in [4.78, 5) is 0. The van der Waals surface area contributed by atoms with E-state index >= 15 is 0 Å².